The summed E-state index contributed by atoms with van der Waals surface area (Å²) in [7, 11) is 9.81. The van der Waals surface area contributed by atoms with E-state index < -0.39 is 15.4 Å². The standard InChI is InChI=1S/2ClH.4H3N.Os/h2*1H;4*1H3;/q;;;;;;+2/p-2. The first-order valence-corrected chi connectivity index (χ1v) is 6.56. The Labute approximate surface area is 59.5 Å². The zero-order valence-corrected chi connectivity index (χ0v) is 7.99. The molecular weight excluding hydrogens is 317 g/mol. The van der Waals surface area contributed by atoms with Crippen LogP contribution < -0.4 is 24.6 Å². The van der Waals surface area contributed by atoms with Gasteiger partial charge in [-0.1, -0.05) is 0 Å². The Bertz CT molecular complexity index is 9.65. The van der Waals surface area contributed by atoms with E-state index >= 15 is 0 Å². The molecule has 0 heterocycles. The molecule has 0 atom stereocenters. The molecule has 0 radical (unpaired) electrons. The topological polar surface area (TPSA) is 140 Å². The molecule has 7 heteroatoms. The maximum absolute atomic E-state index is 4.90. The number of hydrogen-bond donors (Lipinski definition) is 4. The van der Waals surface area contributed by atoms with E-state index in [0.29, 0.717) is 0 Å². The molecule has 0 unspecified atom stereocenters. The van der Waals surface area contributed by atoms with Crippen LogP contribution in [-0.2, 0) is 15.4 Å². The molecular formula is H12Cl2N4Os. The Balaban J connectivity index is -0.00000000333. The fourth-order valence-corrected chi connectivity index (χ4v) is 0. The van der Waals surface area contributed by atoms with Crippen LogP contribution in [0.5, 0.6) is 0 Å². The second-order valence-corrected chi connectivity index (χ2v) is 3.72. The van der Waals surface area contributed by atoms with Crippen molar-refractivity contribution in [3.8, 4) is 0 Å². The minimum absolute atomic E-state index is 0. The molecule has 0 aliphatic heterocycles. The normalized spacial score (nSPS) is 3.14. The Morgan fingerprint density at radius 1 is 0.714 bits per heavy atom. The second kappa shape index (κ2) is 61.2. The molecule has 0 aliphatic rings. The first-order valence-electron chi connectivity index (χ1n) is 0.267. The summed E-state index contributed by atoms with van der Waals surface area (Å²) >= 11 is -0.639. The Morgan fingerprint density at radius 2 is 0.714 bits per heavy atom. The summed E-state index contributed by atoms with van der Waals surface area (Å²) in [6.07, 6.45) is 0. The van der Waals surface area contributed by atoms with Crippen LogP contribution in [0.3, 0.4) is 0 Å². The predicted molar refractivity (Wildman–Crippen MR) is 31.8 cm³/mol. The monoisotopic (exact) mass is 330 g/mol. The van der Waals surface area contributed by atoms with Gasteiger partial charge in [0.25, 0.3) is 0 Å². The average molecular weight is 329 g/mol. The van der Waals surface area contributed by atoms with Crippen LogP contribution in [0.4, 0.5) is 0 Å². The van der Waals surface area contributed by atoms with Gasteiger partial charge in [-0.3, -0.25) is 0 Å². The van der Waals surface area contributed by atoms with Crippen LogP contribution in [0.15, 0.2) is 0 Å². The molecule has 0 saturated carbocycles. The second-order valence-electron chi connectivity index (χ2n) is 0.0505. The van der Waals surface area contributed by atoms with Gasteiger partial charge >= 0.3 is 34.7 Å². The molecule has 54 valence electrons. The summed E-state index contributed by atoms with van der Waals surface area (Å²) in [6.45, 7) is 0. The van der Waals surface area contributed by atoms with Gasteiger partial charge in [-0.2, -0.15) is 0 Å². The van der Waals surface area contributed by atoms with Crippen molar-refractivity contribution in [1.82, 2.24) is 24.6 Å². The van der Waals surface area contributed by atoms with Gasteiger partial charge in [-0.25, -0.2) is 0 Å². The van der Waals surface area contributed by atoms with E-state index in [4.69, 9.17) is 19.3 Å². The quantitative estimate of drug-likeness (QED) is 0.539. The molecule has 0 aromatic rings. The number of halogens is 2. The first kappa shape index (κ1) is 42.9. The molecule has 0 amide bonds. The Hall–Kier alpha value is 1.06. The number of hydrogen-bond acceptors (Lipinski definition) is 4. The zero-order valence-electron chi connectivity index (χ0n) is 3.94. The minimum atomic E-state index is -0.639. The molecule has 0 fully saturated rings. The van der Waals surface area contributed by atoms with E-state index in [0.717, 1.165) is 0 Å². The summed E-state index contributed by atoms with van der Waals surface area (Å²) in [5.41, 5.74) is 0. The van der Waals surface area contributed by atoms with Crippen molar-refractivity contribution in [2.24, 2.45) is 0 Å². The predicted octanol–water partition coefficient (Wildman–Crippen LogP) is 2.02. The van der Waals surface area contributed by atoms with Gasteiger partial charge in [0.2, 0.25) is 0 Å². The molecule has 0 spiro atoms. The van der Waals surface area contributed by atoms with Gasteiger partial charge in [-0.15, -0.1) is 0 Å². The summed E-state index contributed by atoms with van der Waals surface area (Å²) in [5, 5.41) is 0. The van der Waals surface area contributed by atoms with E-state index in [2.05, 4.69) is 0 Å². The van der Waals surface area contributed by atoms with Crippen LogP contribution in [-0.4, -0.2) is 0 Å². The SMILES string of the molecule is N.N.N.N.[Cl][Os][Cl]. The van der Waals surface area contributed by atoms with Crippen molar-refractivity contribution in [3.63, 3.8) is 0 Å². The van der Waals surface area contributed by atoms with E-state index in [1.165, 1.54) is 0 Å². The molecule has 0 aliphatic carbocycles. The Kier molecular flexibility index (Phi) is 375. The van der Waals surface area contributed by atoms with Crippen LogP contribution in [0, 0.1) is 0 Å². The number of rotatable bonds is 0. The van der Waals surface area contributed by atoms with E-state index in [-0.39, 0.29) is 24.6 Å². The van der Waals surface area contributed by atoms with Gasteiger partial charge in [0.15, 0.2) is 0 Å². The van der Waals surface area contributed by atoms with E-state index in [1.807, 2.05) is 0 Å². The van der Waals surface area contributed by atoms with Gasteiger partial charge in [0.05, 0.1) is 0 Å². The van der Waals surface area contributed by atoms with Crippen LogP contribution in [0.1, 0.15) is 0 Å². The van der Waals surface area contributed by atoms with E-state index in [1.54, 1.807) is 0 Å². The molecule has 0 bridgehead atoms. The van der Waals surface area contributed by atoms with Crippen LogP contribution in [0.25, 0.3) is 0 Å². The fraction of sp³-hybridized carbons (Fsp3) is 0. The summed E-state index contributed by atoms with van der Waals surface area (Å²) in [4.78, 5) is 0. The van der Waals surface area contributed by atoms with Gasteiger partial charge < -0.3 is 24.6 Å². The molecule has 12 N–H and O–H groups in total. The van der Waals surface area contributed by atoms with Crippen molar-refractivity contribution in [1.29, 1.82) is 0 Å². The third-order valence-corrected chi connectivity index (χ3v) is 0. The molecule has 7 heavy (non-hydrogen) atoms. The zero-order chi connectivity index (χ0) is 2.71. The van der Waals surface area contributed by atoms with Crippen molar-refractivity contribution < 1.29 is 15.4 Å². The molecule has 4 nitrogen and oxygen atoms in total. The average Bonchev–Trinajstić information content (AvgIpc) is 0.918. The van der Waals surface area contributed by atoms with Crippen LogP contribution in [0.2, 0.25) is 0 Å². The van der Waals surface area contributed by atoms with Crippen molar-refractivity contribution in [2.75, 3.05) is 0 Å². The third-order valence-electron chi connectivity index (χ3n) is 0. The third kappa shape index (κ3) is 162. The molecule has 0 aromatic heterocycles. The summed E-state index contributed by atoms with van der Waals surface area (Å²) in [6, 6.07) is 0. The van der Waals surface area contributed by atoms with Crippen molar-refractivity contribution in [3.05, 3.63) is 0 Å². The van der Waals surface area contributed by atoms with Crippen molar-refractivity contribution >= 4 is 19.3 Å². The maximum atomic E-state index is 4.90. The molecule has 0 rings (SSSR count). The van der Waals surface area contributed by atoms with Crippen molar-refractivity contribution in [2.45, 2.75) is 0 Å². The van der Waals surface area contributed by atoms with Gasteiger partial charge in [0, 0.05) is 0 Å². The van der Waals surface area contributed by atoms with Gasteiger partial charge in [-0.05, 0) is 0 Å². The Morgan fingerprint density at radius 3 is 0.714 bits per heavy atom. The first-order chi connectivity index (χ1) is 1.41. The molecule has 0 saturated heterocycles. The molecule has 0 aromatic carbocycles. The van der Waals surface area contributed by atoms with Gasteiger partial charge in [0.1, 0.15) is 0 Å². The fourth-order valence-electron chi connectivity index (χ4n) is 0. The summed E-state index contributed by atoms with van der Waals surface area (Å²) in [5.74, 6) is 0. The van der Waals surface area contributed by atoms with Crippen LogP contribution >= 0.6 is 19.3 Å². The summed E-state index contributed by atoms with van der Waals surface area (Å²) < 4.78 is 0. The van der Waals surface area contributed by atoms with E-state index in [9.17, 15) is 0 Å².